The van der Waals surface area contributed by atoms with Gasteiger partial charge in [-0.2, -0.15) is 0 Å². The van der Waals surface area contributed by atoms with Crippen molar-refractivity contribution in [2.24, 2.45) is 0 Å². The first-order valence-corrected chi connectivity index (χ1v) is 13.2. The normalized spacial score (nSPS) is 14.8. The van der Waals surface area contributed by atoms with Crippen LogP contribution in [0.4, 0.5) is 0 Å². The Morgan fingerprint density at radius 1 is 0.583 bits per heavy atom. The Hall–Kier alpha value is -3.47. The lowest BCUT2D eigenvalue weighted by molar-refractivity contribution is 0.490. The fraction of sp³-hybridized carbons (Fsp3) is 0.387. The highest BCUT2D eigenvalue weighted by atomic mass is 16.4. The molecule has 2 aromatic heterocycles. The maximum atomic E-state index is 6.45. The van der Waals surface area contributed by atoms with Crippen LogP contribution in [0.3, 0.4) is 0 Å². The van der Waals surface area contributed by atoms with Gasteiger partial charge in [0.25, 0.3) is 0 Å². The first kappa shape index (κ1) is 24.2. The van der Waals surface area contributed by atoms with Crippen LogP contribution in [0, 0.1) is 6.92 Å². The summed E-state index contributed by atoms with van der Waals surface area (Å²) in [6.45, 7) is 17.3. The summed E-state index contributed by atoms with van der Waals surface area (Å²) in [7, 11) is 0. The van der Waals surface area contributed by atoms with E-state index in [-0.39, 0.29) is 0 Å². The van der Waals surface area contributed by atoms with Crippen LogP contribution in [0.1, 0.15) is 113 Å². The first-order chi connectivity index (χ1) is 17.3. The third-order valence-corrected chi connectivity index (χ3v) is 7.90. The highest BCUT2D eigenvalue weighted by Crippen LogP contribution is 2.38. The van der Waals surface area contributed by atoms with Gasteiger partial charge < -0.3 is 9.40 Å². The molecule has 8 bridgehead atoms. The summed E-state index contributed by atoms with van der Waals surface area (Å²) in [4.78, 5) is 18.7. The van der Waals surface area contributed by atoms with Gasteiger partial charge in [0.1, 0.15) is 0 Å². The van der Waals surface area contributed by atoms with Gasteiger partial charge in [0.05, 0.1) is 22.8 Å². The van der Waals surface area contributed by atoms with E-state index in [1.54, 1.807) is 0 Å². The summed E-state index contributed by atoms with van der Waals surface area (Å²) < 4.78 is 6.45. The summed E-state index contributed by atoms with van der Waals surface area (Å²) in [6, 6.07) is 6.52. The summed E-state index contributed by atoms with van der Waals surface area (Å²) in [5.41, 5.74) is 15.8. The van der Waals surface area contributed by atoms with E-state index in [1.165, 1.54) is 27.8 Å². The molecule has 3 aliphatic heterocycles. The van der Waals surface area contributed by atoms with Crippen molar-refractivity contribution in [3.63, 3.8) is 0 Å². The van der Waals surface area contributed by atoms with E-state index in [0.717, 1.165) is 76.2 Å². The second-order valence-corrected chi connectivity index (χ2v) is 9.80. The lowest BCUT2D eigenvalue weighted by Crippen LogP contribution is -1.84. The van der Waals surface area contributed by atoms with Crippen LogP contribution in [-0.2, 0) is 6.42 Å². The second kappa shape index (κ2) is 9.20. The number of hydrogen-bond acceptors (Lipinski definition) is 4. The minimum atomic E-state index is 0.648. The third-order valence-electron chi connectivity index (χ3n) is 7.90. The molecule has 0 amide bonds. The van der Waals surface area contributed by atoms with Crippen LogP contribution in [0.25, 0.3) is 44.5 Å². The molecular formula is C31H36N4O. The lowest BCUT2D eigenvalue weighted by Gasteiger charge is -2.01. The monoisotopic (exact) mass is 480 g/mol. The fourth-order valence-corrected chi connectivity index (χ4v) is 5.69. The van der Waals surface area contributed by atoms with Crippen molar-refractivity contribution in [2.75, 3.05) is 0 Å². The Morgan fingerprint density at radius 3 is 1.81 bits per heavy atom. The quantitative estimate of drug-likeness (QED) is 0.476. The number of aromatic amines is 1. The minimum absolute atomic E-state index is 0.648. The van der Waals surface area contributed by atoms with E-state index >= 15 is 0 Å². The topological polar surface area (TPSA) is 67.6 Å². The zero-order valence-corrected chi connectivity index (χ0v) is 22.8. The van der Waals surface area contributed by atoms with Crippen molar-refractivity contribution in [2.45, 2.75) is 81.1 Å². The molecule has 0 unspecified atom stereocenters. The summed E-state index contributed by atoms with van der Waals surface area (Å²) >= 11 is 0. The Labute approximate surface area is 213 Å². The zero-order chi connectivity index (χ0) is 25.7. The van der Waals surface area contributed by atoms with Crippen molar-refractivity contribution in [3.8, 4) is 0 Å². The number of hydrogen-bond donors (Lipinski definition) is 1. The number of H-pyrrole nitrogens is 1. The fourth-order valence-electron chi connectivity index (χ4n) is 5.69. The molecule has 0 fully saturated rings. The second-order valence-electron chi connectivity index (χ2n) is 9.80. The van der Waals surface area contributed by atoms with Crippen molar-refractivity contribution in [1.82, 2.24) is 19.9 Å². The highest BCUT2D eigenvalue weighted by Gasteiger charge is 2.23. The Kier molecular flexibility index (Phi) is 6.19. The molecule has 5 nitrogen and oxygen atoms in total. The molecule has 3 aliphatic rings. The largest absolute Gasteiger partial charge is 0.420 e. The SMILES string of the molecule is CCC1=C(C)c2cc3[nH]c(cc4nc(oc5nc(cc1n2)C(C)=C5CC)C(C)=C4CC)c(C)c3CC. The number of aryl methyl sites for hydroxylation is 2. The molecule has 0 aliphatic carbocycles. The molecule has 2 aromatic rings. The number of allylic oxidation sites excluding steroid dienone is 6. The van der Waals surface area contributed by atoms with Gasteiger partial charge in [-0.3, -0.25) is 0 Å². The molecule has 36 heavy (non-hydrogen) atoms. The van der Waals surface area contributed by atoms with Gasteiger partial charge in [-0.25, -0.2) is 15.0 Å². The third kappa shape index (κ3) is 3.73. The number of nitrogens with zero attached hydrogens (tertiary/aromatic N) is 3. The number of nitrogens with one attached hydrogen (secondary N) is 1. The van der Waals surface area contributed by atoms with Crippen molar-refractivity contribution in [1.29, 1.82) is 0 Å². The van der Waals surface area contributed by atoms with Crippen molar-refractivity contribution < 1.29 is 4.42 Å². The molecule has 0 saturated carbocycles. The Balaban J connectivity index is 1.97. The highest BCUT2D eigenvalue weighted by molar-refractivity contribution is 5.95. The van der Waals surface area contributed by atoms with Crippen LogP contribution in [0.5, 0.6) is 0 Å². The molecule has 1 N–H and O–H groups in total. The summed E-state index contributed by atoms with van der Waals surface area (Å²) in [5.74, 6) is 1.30. The van der Waals surface area contributed by atoms with Crippen LogP contribution >= 0.6 is 0 Å². The van der Waals surface area contributed by atoms with Gasteiger partial charge in [-0.05, 0) is 105 Å². The molecular weight excluding hydrogens is 444 g/mol. The maximum absolute atomic E-state index is 6.45. The lowest BCUT2D eigenvalue weighted by atomic mass is 10.0. The molecule has 186 valence electrons. The maximum Gasteiger partial charge on any atom is 0.225 e. The molecule has 5 heteroatoms. The van der Waals surface area contributed by atoms with E-state index in [1.807, 2.05) is 0 Å². The number of aromatic nitrogens is 4. The van der Waals surface area contributed by atoms with Crippen molar-refractivity contribution >= 4 is 44.5 Å². The van der Waals surface area contributed by atoms with Crippen LogP contribution < -0.4 is 0 Å². The molecule has 0 saturated heterocycles. The van der Waals surface area contributed by atoms with Gasteiger partial charge in [-0.15, -0.1) is 0 Å². The van der Waals surface area contributed by atoms with Gasteiger partial charge in [0.2, 0.25) is 11.8 Å². The van der Waals surface area contributed by atoms with Gasteiger partial charge >= 0.3 is 0 Å². The summed E-state index contributed by atoms with van der Waals surface area (Å²) in [5, 5.41) is 0. The van der Waals surface area contributed by atoms with Gasteiger partial charge in [-0.1, -0.05) is 27.7 Å². The van der Waals surface area contributed by atoms with Crippen LogP contribution in [0.2, 0.25) is 0 Å². The predicted octanol–water partition coefficient (Wildman–Crippen LogP) is 8.59. The molecule has 0 aromatic carbocycles. The van der Waals surface area contributed by atoms with Gasteiger partial charge in [0.15, 0.2) is 0 Å². The standard InChI is InChI=1S/C31H36N4O/c1-9-20-17(6)25-14-29-22(11-3)19(8)30(35-29)36-31-23(12-4)18(7)26(34-31)15-28-21(10-2)16(5)24(32-28)13-27(20)33-25/h13-15,33H,9-12H2,1-8H3. The van der Waals surface area contributed by atoms with E-state index in [2.05, 4.69) is 78.6 Å². The van der Waals surface area contributed by atoms with Crippen molar-refractivity contribution in [3.05, 3.63) is 63.9 Å². The molecule has 0 atom stereocenters. The van der Waals surface area contributed by atoms with E-state index in [4.69, 9.17) is 19.4 Å². The Morgan fingerprint density at radius 2 is 1.14 bits per heavy atom. The first-order valence-electron chi connectivity index (χ1n) is 13.2. The van der Waals surface area contributed by atoms with E-state index < -0.39 is 0 Å². The van der Waals surface area contributed by atoms with Crippen LogP contribution in [0.15, 0.2) is 22.6 Å². The number of fused-ring (bicyclic) bond motifs is 8. The molecule has 5 heterocycles. The average molecular weight is 481 g/mol. The Bertz CT molecular complexity index is 1560. The molecule has 0 radical (unpaired) electrons. The predicted molar refractivity (Wildman–Crippen MR) is 150 cm³/mol. The molecule has 5 rings (SSSR count). The number of rotatable bonds is 4. The van der Waals surface area contributed by atoms with Gasteiger partial charge in [0, 0.05) is 22.2 Å². The average Bonchev–Trinajstić information content (AvgIpc) is 3.51. The van der Waals surface area contributed by atoms with Crippen LogP contribution in [-0.4, -0.2) is 19.9 Å². The smallest absolute Gasteiger partial charge is 0.225 e. The minimum Gasteiger partial charge on any atom is -0.420 e. The summed E-state index contributed by atoms with van der Waals surface area (Å²) in [6.07, 6.45) is 3.60. The van der Waals surface area contributed by atoms with E-state index in [0.29, 0.717) is 11.8 Å². The molecule has 0 spiro atoms. The van der Waals surface area contributed by atoms with E-state index in [9.17, 15) is 0 Å². The zero-order valence-electron chi connectivity index (χ0n) is 22.8.